The molecule has 0 bridgehead atoms. The molecular weight excluding hydrogens is 320 g/mol. The van der Waals surface area contributed by atoms with Crippen LogP contribution in [0.5, 0.6) is 0 Å². The van der Waals surface area contributed by atoms with Gasteiger partial charge in [-0.05, 0) is 31.0 Å². The van der Waals surface area contributed by atoms with Crippen LogP contribution in [0, 0.1) is 0 Å². The van der Waals surface area contributed by atoms with Gasteiger partial charge < -0.3 is 10.0 Å². The summed E-state index contributed by atoms with van der Waals surface area (Å²) in [5.41, 5.74) is 1.10. The number of halogens is 1. The average molecular weight is 341 g/mol. The molecular formula is C15H21BrN2O2. The Morgan fingerprint density at radius 1 is 1.50 bits per heavy atom. The first kappa shape index (κ1) is 15.5. The van der Waals surface area contributed by atoms with Gasteiger partial charge in [0.2, 0.25) is 5.91 Å². The molecule has 0 radical (unpaired) electrons. The Morgan fingerprint density at radius 2 is 2.25 bits per heavy atom. The van der Waals surface area contributed by atoms with Crippen molar-refractivity contribution in [2.45, 2.75) is 25.4 Å². The third-order valence-corrected chi connectivity index (χ3v) is 4.61. The van der Waals surface area contributed by atoms with E-state index in [1.807, 2.05) is 31.3 Å². The summed E-state index contributed by atoms with van der Waals surface area (Å²) in [6, 6.07) is 8.08. The molecule has 1 aromatic carbocycles. The van der Waals surface area contributed by atoms with Gasteiger partial charge in [0.25, 0.3) is 0 Å². The molecule has 1 N–H and O–H groups in total. The molecule has 0 saturated carbocycles. The molecule has 1 atom stereocenters. The summed E-state index contributed by atoms with van der Waals surface area (Å²) in [6.07, 6.45) is 2.05. The van der Waals surface area contributed by atoms with Crippen molar-refractivity contribution in [3.63, 3.8) is 0 Å². The number of nitrogens with zero attached hydrogens (tertiary/aromatic N) is 2. The Hall–Kier alpha value is -0.910. The van der Waals surface area contributed by atoms with Crippen LogP contribution in [0.2, 0.25) is 0 Å². The SMILES string of the molecule is CN(Cc1ccccc1Br)C(=O)CN1CCCC1CO. The van der Waals surface area contributed by atoms with Crippen LogP contribution in [0.25, 0.3) is 0 Å². The van der Waals surface area contributed by atoms with Gasteiger partial charge in [0.05, 0.1) is 13.2 Å². The molecule has 0 aliphatic carbocycles. The van der Waals surface area contributed by atoms with E-state index in [1.54, 1.807) is 4.90 Å². The number of likely N-dealkylation sites (tertiary alicyclic amines) is 1. The third-order valence-electron chi connectivity index (χ3n) is 3.84. The standard InChI is InChI=1S/C15H21BrN2O2/c1-17(9-12-5-2-3-7-14(12)16)15(20)10-18-8-4-6-13(18)11-19/h2-3,5,7,13,19H,4,6,8-11H2,1H3. The molecule has 1 aromatic rings. The number of carbonyl (C=O) groups excluding carboxylic acids is 1. The summed E-state index contributed by atoms with van der Waals surface area (Å²) < 4.78 is 1.02. The van der Waals surface area contributed by atoms with Crippen molar-refractivity contribution in [2.75, 3.05) is 26.7 Å². The molecule has 1 amide bonds. The number of aliphatic hydroxyl groups is 1. The zero-order valence-electron chi connectivity index (χ0n) is 11.8. The van der Waals surface area contributed by atoms with Crippen molar-refractivity contribution in [1.82, 2.24) is 9.80 Å². The van der Waals surface area contributed by atoms with Crippen LogP contribution in [0.3, 0.4) is 0 Å². The van der Waals surface area contributed by atoms with E-state index in [-0.39, 0.29) is 18.6 Å². The molecule has 20 heavy (non-hydrogen) atoms. The monoisotopic (exact) mass is 340 g/mol. The van der Waals surface area contributed by atoms with Gasteiger partial charge in [-0.15, -0.1) is 0 Å². The maximum absolute atomic E-state index is 12.3. The molecule has 110 valence electrons. The minimum atomic E-state index is 0.0982. The fourth-order valence-corrected chi connectivity index (χ4v) is 2.98. The highest BCUT2D eigenvalue weighted by Crippen LogP contribution is 2.19. The molecule has 1 unspecified atom stereocenters. The van der Waals surface area contributed by atoms with Gasteiger partial charge in [-0.2, -0.15) is 0 Å². The normalized spacial score (nSPS) is 19.2. The Kier molecular flexibility index (Phi) is 5.57. The lowest BCUT2D eigenvalue weighted by molar-refractivity contribution is -0.132. The number of likely N-dealkylation sites (N-methyl/N-ethyl adjacent to an activating group) is 1. The van der Waals surface area contributed by atoms with E-state index in [9.17, 15) is 9.90 Å². The number of rotatable bonds is 5. The minimum Gasteiger partial charge on any atom is -0.395 e. The second-order valence-electron chi connectivity index (χ2n) is 5.29. The van der Waals surface area contributed by atoms with Crippen LogP contribution in [-0.2, 0) is 11.3 Å². The summed E-state index contributed by atoms with van der Waals surface area (Å²) in [5, 5.41) is 9.29. The largest absolute Gasteiger partial charge is 0.395 e. The zero-order valence-corrected chi connectivity index (χ0v) is 13.3. The highest BCUT2D eigenvalue weighted by molar-refractivity contribution is 9.10. The molecule has 0 aromatic heterocycles. The van der Waals surface area contributed by atoms with Crippen LogP contribution in [-0.4, -0.2) is 53.6 Å². The van der Waals surface area contributed by atoms with Crippen molar-refractivity contribution in [3.05, 3.63) is 34.3 Å². The number of hydrogen-bond donors (Lipinski definition) is 1. The molecule has 1 fully saturated rings. The topological polar surface area (TPSA) is 43.8 Å². The van der Waals surface area contributed by atoms with Gasteiger partial charge in [-0.25, -0.2) is 0 Å². The molecule has 1 aliphatic heterocycles. The first-order chi connectivity index (χ1) is 9.61. The van der Waals surface area contributed by atoms with Gasteiger partial charge in [0.1, 0.15) is 0 Å². The summed E-state index contributed by atoms with van der Waals surface area (Å²) in [4.78, 5) is 16.1. The van der Waals surface area contributed by atoms with E-state index in [2.05, 4.69) is 20.8 Å². The summed E-state index contributed by atoms with van der Waals surface area (Å²) in [7, 11) is 1.83. The van der Waals surface area contributed by atoms with E-state index in [0.29, 0.717) is 13.1 Å². The smallest absolute Gasteiger partial charge is 0.236 e. The fraction of sp³-hybridized carbons (Fsp3) is 0.533. The summed E-state index contributed by atoms with van der Waals surface area (Å²) in [6.45, 7) is 2.03. The number of amides is 1. The van der Waals surface area contributed by atoms with Crippen LogP contribution in [0.4, 0.5) is 0 Å². The summed E-state index contributed by atoms with van der Waals surface area (Å²) >= 11 is 3.50. The summed E-state index contributed by atoms with van der Waals surface area (Å²) in [5.74, 6) is 0.0982. The first-order valence-corrected chi connectivity index (χ1v) is 7.73. The van der Waals surface area contributed by atoms with E-state index in [0.717, 1.165) is 29.4 Å². The molecule has 1 saturated heterocycles. The van der Waals surface area contributed by atoms with E-state index in [4.69, 9.17) is 0 Å². The van der Waals surface area contributed by atoms with Crippen molar-refractivity contribution in [2.24, 2.45) is 0 Å². The number of hydrogen-bond acceptors (Lipinski definition) is 3. The third kappa shape index (κ3) is 3.81. The fourth-order valence-electron chi connectivity index (χ4n) is 2.57. The van der Waals surface area contributed by atoms with Gasteiger partial charge in [0, 0.05) is 24.1 Å². The average Bonchev–Trinajstić information content (AvgIpc) is 2.88. The molecule has 2 rings (SSSR count). The van der Waals surface area contributed by atoms with Crippen molar-refractivity contribution in [1.29, 1.82) is 0 Å². The maximum Gasteiger partial charge on any atom is 0.236 e. The van der Waals surface area contributed by atoms with Crippen molar-refractivity contribution in [3.8, 4) is 0 Å². The Morgan fingerprint density at radius 3 is 2.95 bits per heavy atom. The molecule has 1 aliphatic rings. The Labute approximate surface area is 128 Å². The second kappa shape index (κ2) is 7.20. The van der Waals surface area contributed by atoms with Crippen molar-refractivity contribution >= 4 is 21.8 Å². The van der Waals surface area contributed by atoms with Gasteiger partial charge >= 0.3 is 0 Å². The van der Waals surface area contributed by atoms with Gasteiger partial charge in [-0.3, -0.25) is 9.69 Å². The quantitative estimate of drug-likeness (QED) is 0.889. The first-order valence-electron chi connectivity index (χ1n) is 6.94. The van der Waals surface area contributed by atoms with Crippen LogP contribution < -0.4 is 0 Å². The Balaban J connectivity index is 1.91. The lowest BCUT2D eigenvalue weighted by Gasteiger charge is -2.25. The van der Waals surface area contributed by atoms with Crippen LogP contribution in [0.1, 0.15) is 18.4 Å². The van der Waals surface area contributed by atoms with Crippen LogP contribution in [0.15, 0.2) is 28.7 Å². The van der Waals surface area contributed by atoms with Gasteiger partial charge in [0.15, 0.2) is 0 Å². The Bertz CT molecular complexity index is 467. The lowest BCUT2D eigenvalue weighted by atomic mass is 10.2. The lowest BCUT2D eigenvalue weighted by Crippen LogP contribution is -2.41. The molecule has 4 nitrogen and oxygen atoms in total. The van der Waals surface area contributed by atoms with E-state index >= 15 is 0 Å². The molecule has 5 heteroatoms. The van der Waals surface area contributed by atoms with Gasteiger partial charge in [-0.1, -0.05) is 34.1 Å². The second-order valence-corrected chi connectivity index (χ2v) is 6.14. The predicted molar refractivity (Wildman–Crippen MR) is 82.3 cm³/mol. The number of benzene rings is 1. The number of aliphatic hydroxyl groups excluding tert-OH is 1. The predicted octanol–water partition coefficient (Wildman–Crippen LogP) is 1.86. The van der Waals surface area contributed by atoms with E-state index < -0.39 is 0 Å². The minimum absolute atomic E-state index is 0.0982. The number of carbonyl (C=O) groups is 1. The van der Waals surface area contributed by atoms with Crippen molar-refractivity contribution < 1.29 is 9.90 Å². The maximum atomic E-state index is 12.3. The molecule has 0 spiro atoms. The molecule has 1 heterocycles. The highest BCUT2D eigenvalue weighted by Gasteiger charge is 2.26. The van der Waals surface area contributed by atoms with Crippen LogP contribution >= 0.6 is 15.9 Å². The zero-order chi connectivity index (χ0) is 14.5. The highest BCUT2D eigenvalue weighted by atomic mass is 79.9. The van der Waals surface area contributed by atoms with E-state index in [1.165, 1.54) is 0 Å².